The number of rotatable bonds is 5. The minimum absolute atomic E-state index is 0.706. The third kappa shape index (κ3) is 2.63. The zero-order valence-corrected chi connectivity index (χ0v) is 9.12. The van der Waals surface area contributed by atoms with Gasteiger partial charge >= 0.3 is 0 Å². The van der Waals surface area contributed by atoms with Crippen LogP contribution >= 0.6 is 0 Å². The van der Waals surface area contributed by atoms with Crippen molar-refractivity contribution < 1.29 is 0 Å². The molecule has 1 aromatic heterocycles. The van der Waals surface area contributed by atoms with Crippen LogP contribution in [0.1, 0.15) is 6.42 Å². The summed E-state index contributed by atoms with van der Waals surface area (Å²) in [6.07, 6.45) is 2.75. The predicted octanol–water partition coefficient (Wildman–Crippen LogP) is 0.459. The molecule has 80 valence electrons. The monoisotopic (exact) mass is 197 g/mol. The lowest BCUT2D eigenvalue weighted by molar-refractivity contribution is 0.381. The molecule has 0 unspecified atom stereocenters. The van der Waals surface area contributed by atoms with Crippen LogP contribution < -0.4 is 11.1 Å². The number of aryl methyl sites for hydroxylation is 1. The van der Waals surface area contributed by atoms with Gasteiger partial charge in [0, 0.05) is 13.6 Å². The van der Waals surface area contributed by atoms with E-state index in [1.54, 1.807) is 6.20 Å². The maximum Gasteiger partial charge on any atom is 0.147 e. The number of nitrogens with one attached hydrogen (secondary N) is 1. The largest absolute Gasteiger partial charge is 0.394 e. The van der Waals surface area contributed by atoms with E-state index < -0.39 is 0 Å². The Morgan fingerprint density at radius 3 is 2.86 bits per heavy atom. The second-order valence-corrected chi connectivity index (χ2v) is 3.58. The smallest absolute Gasteiger partial charge is 0.147 e. The molecule has 14 heavy (non-hydrogen) atoms. The van der Waals surface area contributed by atoms with Gasteiger partial charge in [-0.15, -0.1) is 0 Å². The molecule has 0 aromatic carbocycles. The number of hydrogen-bond donors (Lipinski definition) is 2. The summed E-state index contributed by atoms with van der Waals surface area (Å²) in [4.78, 5) is 2.16. The lowest BCUT2D eigenvalue weighted by Crippen LogP contribution is -2.16. The molecule has 0 amide bonds. The summed E-state index contributed by atoms with van der Waals surface area (Å²) in [5.74, 6) is 0.906. The Hall–Kier alpha value is -1.23. The quantitative estimate of drug-likeness (QED) is 0.720. The fourth-order valence-electron chi connectivity index (χ4n) is 1.38. The molecule has 0 spiro atoms. The highest BCUT2D eigenvalue weighted by atomic mass is 15.3. The van der Waals surface area contributed by atoms with Crippen molar-refractivity contribution in [2.24, 2.45) is 0 Å². The molecule has 0 aliphatic carbocycles. The normalized spacial score (nSPS) is 10.9. The van der Waals surface area contributed by atoms with Crippen molar-refractivity contribution in [1.29, 1.82) is 0 Å². The van der Waals surface area contributed by atoms with Crippen LogP contribution in [0, 0.1) is 0 Å². The first-order valence-electron chi connectivity index (χ1n) is 4.79. The van der Waals surface area contributed by atoms with Crippen molar-refractivity contribution in [1.82, 2.24) is 14.7 Å². The van der Waals surface area contributed by atoms with E-state index in [1.807, 2.05) is 11.7 Å². The van der Waals surface area contributed by atoms with E-state index >= 15 is 0 Å². The van der Waals surface area contributed by atoms with E-state index in [-0.39, 0.29) is 0 Å². The van der Waals surface area contributed by atoms with E-state index in [0.29, 0.717) is 5.69 Å². The second kappa shape index (κ2) is 4.85. The van der Waals surface area contributed by atoms with Gasteiger partial charge in [0.2, 0.25) is 0 Å². The number of hydrogen-bond acceptors (Lipinski definition) is 4. The zero-order chi connectivity index (χ0) is 10.6. The van der Waals surface area contributed by atoms with Crippen molar-refractivity contribution in [3.05, 3.63) is 6.20 Å². The Labute approximate surface area is 84.9 Å². The topological polar surface area (TPSA) is 59.1 Å². The van der Waals surface area contributed by atoms with Gasteiger partial charge in [0.05, 0.1) is 11.9 Å². The van der Waals surface area contributed by atoms with Crippen LogP contribution in [-0.4, -0.2) is 42.4 Å². The standard InChI is InChI=1S/C9H19N5/c1-11-9-8(10)7-12-14(9)6-4-5-13(2)3/h7,11H,4-6,10H2,1-3H3. The van der Waals surface area contributed by atoms with Gasteiger partial charge < -0.3 is 16.0 Å². The minimum atomic E-state index is 0.706. The molecule has 0 saturated heterocycles. The number of anilines is 2. The van der Waals surface area contributed by atoms with Crippen LogP contribution in [0.5, 0.6) is 0 Å². The second-order valence-electron chi connectivity index (χ2n) is 3.58. The van der Waals surface area contributed by atoms with E-state index in [9.17, 15) is 0 Å². The lowest BCUT2D eigenvalue weighted by Gasteiger charge is -2.10. The van der Waals surface area contributed by atoms with Crippen molar-refractivity contribution in [3.63, 3.8) is 0 Å². The van der Waals surface area contributed by atoms with Crippen molar-refractivity contribution in [2.75, 3.05) is 38.7 Å². The lowest BCUT2D eigenvalue weighted by atomic mass is 10.4. The van der Waals surface area contributed by atoms with Crippen molar-refractivity contribution >= 4 is 11.5 Å². The van der Waals surface area contributed by atoms with Crippen LogP contribution in [0.15, 0.2) is 6.20 Å². The Kier molecular flexibility index (Phi) is 3.76. The maximum absolute atomic E-state index is 5.73. The zero-order valence-electron chi connectivity index (χ0n) is 9.12. The third-order valence-electron chi connectivity index (χ3n) is 2.08. The number of nitrogen functional groups attached to an aromatic ring is 1. The van der Waals surface area contributed by atoms with Gasteiger partial charge in [-0.1, -0.05) is 0 Å². The number of nitrogens with two attached hydrogens (primary N) is 1. The summed E-state index contributed by atoms with van der Waals surface area (Å²) >= 11 is 0. The van der Waals surface area contributed by atoms with Gasteiger partial charge in [-0.2, -0.15) is 5.10 Å². The van der Waals surface area contributed by atoms with E-state index in [2.05, 4.69) is 29.4 Å². The Morgan fingerprint density at radius 1 is 1.57 bits per heavy atom. The first-order valence-corrected chi connectivity index (χ1v) is 4.79. The number of nitrogens with zero attached hydrogens (tertiary/aromatic N) is 3. The summed E-state index contributed by atoms with van der Waals surface area (Å²) in [6, 6.07) is 0. The molecule has 5 nitrogen and oxygen atoms in total. The van der Waals surface area contributed by atoms with Gasteiger partial charge in [-0.3, -0.25) is 0 Å². The molecular weight excluding hydrogens is 178 g/mol. The molecule has 0 atom stereocenters. The summed E-state index contributed by atoms with van der Waals surface area (Å²) in [5.41, 5.74) is 6.43. The van der Waals surface area contributed by atoms with Gasteiger partial charge in [-0.05, 0) is 27.1 Å². The first kappa shape index (κ1) is 10.8. The molecule has 0 bridgehead atoms. The summed E-state index contributed by atoms with van der Waals surface area (Å²) in [7, 11) is 5.99. The molecule has 0 saturated carbocycles. The van der Waals surface area contributed by atoms with Gasteiger partial charge in [0.15, 0.2) is 0 Å². The van der Waals surface area contributed by atoms with Crippen LogP contribution in [0.3, 0.4) is 0 Å². The maximum atomic E-state index is 5.73. The fraction of sp³-hybridized carbons (Fsp3) is 0.667. The highest BCUT2D eigenvalue weighted by molar-refractivity contribution is 5.60. The molecule has 3 N–H and O–H groups in total. The Bertz CT molecular complexity index is 279. The average Bonchev–Trinajstić information content (AvgIpc) is 2.46. The fourth-order valence-corrected chi connectivity index (χ4v) is 1.38. The molecule has 5 heteroatoms. The molecular formula is C9H19N5. The van der Waals surface area contributed by atoms with E-state index in [1.165, 1.54) is 0 Å². The average molecular weight is 197 g/mol. The van der Waals surface area contributed by atoms with E-state index in [0.717, 1.165) is 25.3 Å². The Morgan fingerprint density at radius 2 is 2.29 bits per heavy atom. The highest BCUT2D eigenvalue weighted by Crippen LogP contribution is 2.16. The molecule has 0 aliphatic rings. The first-order chi connectivity index (χ1) is 6.65. The Balaban J connectivity index is 2.50. The predicted molar refractivity (Wildman–Crippen MR) is 59.4 cm³/mol. The molecule has 1 aromatic rings. The summed E-state index contributed by atoms with van der Waals surface area (Å²) in [6.45, 7) is 1.95. The van der Waals surface area contributed by atoms with Crippen LogP contribution in [0.4, 0.5) is 11.5 Å². The SMILES string of the molecule is CNc1c(N)cnn1CCCN(C)C. The number of aromatic nitrogens is 2. The molecule has 1 rings (SSSR count). The summed E-state index contributed by atoms with van der Waals surface area (Å²) in [5, 5.41) is 7.24. The van der Waals surface area contributed by atoms with Crippen LogP contribution in [-0.2, 0) is 6.54 Å². The van der Waals surface area contributed by atoms with Gasteiger partial charge in [-0.25, -0.2) is 4.68 Å². The van der Waals surface area contributed by atoms with Gasteiger partial charge in [0.25, 0.3) is 0 Å². The third-order valence-corrected chi connectivity index (χ3v) is 2.08. The molecule has 0 radical (unpaired) electrons. The van der Waals surface area contributed by atoms with Gasteiger partial charge in [0.1, 0.15) is 5.82 Å². The summed E-state index contributed by atoms with van der Waals surface area (Å²) < 4.78 is 1.90. The van der Waals surface area contributed by atoms with E-state index in [4.69, 9.17) is 5.73 Å². The molecule has 0 fully saturated rings. The molecule has 0 aliphatic heterocycles. The van der Waals surface area contributed by atoms with Crippen LogP contribution in [0.2, 0.25) is 0 Å². The van der Waals surface area contributed by atoms with Crippen molar-refractivity contribution in [2.45, 2.75) is 13.0 Å². The van der Waals surface area contributed by atoms with Crippen molar-refractivity contribution in [3.8, 4) is 0 Å². The van der Waals surface area contributed by atoms with Crippen LogP contribution in [0.25, 0.3) is 0 Å². The minimum Gasteiger partial charge on any atom is -0.394 e. The molecule has 1 heterocycles. The highest BCUT2D eigenvalue weighted by Gasteiger charge is 2.05.